The fourth-order valence-electron chi connectivity index (χ4n) is 1.21. The second kappa shape index (κ2) is 4.49. The lowest BCUT2D eigenvalue weighted by Crippen LogP contribution is -2.48. The van der Waals surface area contributed by atoms with E-state index in [1.165, 1.54) is 0 Å². The van der Waals surface area contributed by atoms with Gasteiger partial charge >= 0.3 is 0 Å². The second-order valence-electron chi connectivity index (χ2n) is 3.98. The number of hydrogen-bond donors (Lipinski definition) is 1. The Bertz CT molecular complexity index is 136. The molecule has 1 aliphatic rings. The van der Waals surface area contributed by atoms with Crippen LogP contribution in [0, 0.1) is 5.41 Å². The highest BCUT2D eigenvalue weighted by Gasteiger charge is 2.32. The van der Waals surface area contributed by atoms with Crippen LogP contribution in [0.4, 0.5) is 0 Å². The summed E-state index contributed by atoms with van der Waals surface area (Å²) in [6.07, 6.45) is 2.15. The summed E-state index contributed by atoms with van der Waals surface area (Å²) in [4.78, 5) is 0. The van der Waals surface area contributed by atoms with E-state index >= 15 is 0 Å². The lowest BCUT2D eigenvalue weighted by atomic mass is 9.89. The number of rotatable bonds is 5. The Hall–Kier alpha value is 0.270. The van der Waals surface area contributed by atoms with Gasteiger partial charge in [0.25, 0.3) is 0 Å². The van der Waals surface area contributed by atoms with Crippen molar-refractivity contribution < 1.29 is 4.74 Å². The van der Waals surface area contributed by atoms with Crippen molar-refractivity contribution in [2.24, 2.45) is 5.41 Å². The van der Waals surface area contributed by atoms with E-state index in [0.717, 1.165) is 31.6 Å². The molecule has 72 valence electrons. The van der Waals surface area contributed by atoms with Crippen molar-refractivity contribution in [2.45, 2.75) is 19.1 Å². The summed E-state index contributed by atoms with van der Waals surface area (Å²) < 4.78 is 5.18. The lowest BCUT2D eigenvalue weighted by Gasteiger charge is -2.38. The van der Waals surface area contributed by atoms with E-state index < -0.39 is 0 Å². The summed E-state index contributed by atoms with van der Waals surface area (Å²) in [5.41, 5.74) is 0.415. The van der Waals surface area contributed by atoms with E-state index in [1.807, 2.05) is 11.8 Å². The number of hydrogen-bond acceptors (Lipinski definition) is 3. The van der Waals surface area contributed by atoms with Gasteiger partial charge in [-0.25, -0.2) is 0 Å². The van der Waals surface area contributed by atoms with Crippen molar-refractivity contribution in [3.05, 3.63) is 0 Å². The van der Waals surface area contributed by atoms with Gasteiger partial charge in [0.05, 0.1) is 13.2 Å². The van der Waals surface area contributed by atoms with Crippen LogP contribution in [0.15, 0.2) is 0 Å². The Labute approximate surface area is 79.4 Å². The highest BCUT2D eigenvalue weighted by Crippen LogP contribution is 2.25. The first kappa shape index (κ1) is 10.4. The van der Waals surface area contributed by atoms with Crippen molar-refractivity contribution in [2.75, 3.05) is 32.6 Å². The molecule has 1 heterocycles. The molecular weight excluding hydrogens is 170 g/mol. The van der Waals surface area contributed by atoms with Crippen LogP contribution in [-0.2, 0) is 4.74 Å². The minimum absolute atomic E-state index is 0.415. The zero-order valence-electron chi connectivity index (χ0n) is 8.22. The van der Waals surface area contributed by atoms with Crippen LogP contribution in [0.3, 0.4) is 0 Å². The molecule has 0 amide bonds. The van der Waals surface area contributed by atoms with Gasteiger partial charge in [0.1, 0.15) is 0 Å². The summed E-state index contributed by atoms with van der Waals surface area (Å²) >= 11 is 1.91. The van der Waals surface area contributed by atoms with Gasteiger partial charge in [0.2, 0.25) is 0 Å². The predicted octanol–water partition coefficient (Wildman–Crippen LogP) is 1.36. The summed E-state index contributed by atoms with van der Waals surface area (Å²) in [5.74, 6) is 0. The maximum atomic E-state index is 5.18. The van der Waals surface area contributed by atoms with Crippen LogP contribution in [0.1, 0.15) is 13.8 Å². The third-order valence-corrected chi connectivity index (χ3v) is 3.26. The molecule has 1 N–H and O–H groups in total. The van der Waals surface area contributed by atoms with E-state index in [0.29, 0.717) is 5.41 Å². The molecule has 1 atom stereocenters. The van der Waals surface area contributed by atoms with Gasteiger partial charge in [0.15, 0.2) is 0 Å². The van der Waals surface area contributed by atoms with Crippen LogP contribution in [0.5, 0.6) is 0 Å². The molecule has 0 saturated carbocycles. The lowest BCUT2D eigenvalue weighted by molar-refractivity contribution is -0.0988. The molecular formula is C9H19NOS. The zero-order valence-corrected chi connectivity index (χ0v) is 9.04. The van der Waals surface area contributed by atoms with Gasteiger partial charge < -0.3 is 10.1 Å². The standard InChI is InChI=1S/C9H19NOS/c1-8(12-3)4-10-5-9(2)6-11-7-9/h8,10H,4-7H2,1-3H3. The van der Waals surface area contributed by atoms with Gasteiger partial charge in [-0.3, -0.25) is 0 Å². The quantitative estimate of drug-likeness (QED) is 0.705. The minimum Gasteiger partial charge on any atom is -0.380 e. The van der Waals surface area contributed by atoms with Crippen molar-refractivity contribution in [1.29, 1.82) is 0 Å². The molecule has 0 aromatic carbocycles. The van der Waals surface area contributed by atoms with E-state index in [4.69, 9.17) is 4.74 Å². The Morgan fingerprint density at radius 3 is 2.67 bits per heavy atom. The summed E-state index contributed by atoms with van der Waals surface area (Å²) in [6.45, 7) is 8.57. The van der Waals surface area contributed by atoms with E-state index in [-0.39, 0.29) is 0 Å². The molecule has 0 radical (unpaired) electrons. The number of nitrogens with one attached hydrogen (secondary N) is 1. The SMILES string of the molecule is CSC(C)CNCC1(C)COC1. The number of thioether (sulfide) groups is 1. The first-order chi connectivity index (χ1) is 5.66. The first-order valence-electron chi connectivity index (χ1n) is 4.47. The smallest absolute Gasteiger partial charge is 0.0554 e. The molecule has 0 aliphatic carbocycles. The van der Waals surface area contributed by atoms with Crippen molar-refractivity contribution in [3.63, 3.8) is 0 Å². The third kappa shape index (κ3) is 2.96. The summed E-state index contributed by atoms with van der Waals surface area (Å²) in [7, 11) is 0. The van der Waals surface area contributed by atoms with Gasteiger partial charge in [-0.05, 0) is 6.26 Å². The van der Waals surface area contributed by atoms with E-state index in [9.17, 15) is 0 Å². The molecule has 1 unspecified atom stereocenters. The van der Waals surface area contributed by atoms with Gasteiger partial charge in [0, 0.05) is 23.8 Å². The average molecular weight is 189 g/mol. The zero-order chi connectivity index (χ0) is 9.03. The Morgan fingerprint density at radius 1 is 1.58 bits per heavy atom. The average Bonchev–Trinajstić information content (AvgIpc) is 2.01. The van der Waals surface area contributed by atoms with E-state index in [1.54, 1.807) is 0 Å². The molecule has 1 fully saturated rings. The Balaban J connectivity index is 2.01. The molecule has 2 nitrogen and oxygen atoms in total. The molecule has 3 heteroatoms. The normalized spacial score (nSPS) is 23.2. The molecule has 0 spiro atoms. The van der Waals surface area contributed by atoms with Crippen LogP contribution >= 0.6 is 11.8 Å². The fourth-order valence-corrected chi connectivity index (χ4v) is 1.50. The largest absolute Gasteiger partial charge is 0.380 e. The maximum absolute atomic E-state index is 5.18. The highest BCUT2D eigenvalue weighted by molar-refractivity contribution is 7.99. The van der Waals surface area contributed by atoms with Crippen LogP contribution < -0.4 is 5.32 Å². The van der Waals surface area contributed by atoms with Crippen molar-refractivity contribution in [3.8, 4) is 0 Å². The topological polar surface area (TPSA) is 21.3 Å². The molecule has 1 aliphatic heterocycles. The first-order valence-corrected chi connectivity index (χ1v) is 5.76. The van der Waals surface area contributed by atoms with Gasteiger partial charge in [-0.2, -0.15) is 11.8 Å². The van der Waals surface area contributed by atoms with Crippen LogP contribution in [-0.4, -0.2) is 37.8 Å². The number of ether oxygens (including phenoxy) is 1. The fraction of sp³-hybridized carbons (Fsp3) is 1.00. The molecule has 0 bridgehead atoms. The Morgan fingerprint density at radius 2 is 2.25 bits per heavy atom. The minimum atomic E-state index is 0.415. The Kier molecular flexibility index (Phi) is 3.87. The van der Waals surface area contributed by atoms with Crippen molar-refractivity contribution >= 4 is 11.8 Å². The van der Waals surface area contributed by atoms with Crippen LogP contribution in [0.2, 0.25) is 0 Å². The van der Waals surface area contributed by atoms with Crippen molar-refractivity contribution in [1.82, 2.24) is 5.32 Å². The van der Waals surface area contributed by atoms with Gasteiger partial charge in [-0.15, -0.1) is 0 Å². The summed E-state index contributed by atoms with van der Waals surface area (Å²) in [5, 5.41) is 4.19. The maximum Gasteiger partial charge on any atom is 0.0554 e. The molecule has 0 aromatic heterocycles. The second-order valence-corrected chi connectivity index (χ2v) is 5.26. The highest BCUT2D eigenvalue weighted by atomic mass is 32.2. The van der Waals surface area contributed by atoms with Crippen LogP contribution in [0.25, 0.3) is 0 Å². The molecule has 1 rings (SSSR count). The van der Waals surface area contributed by atoms with E-state index in [2.05, 4.69) is 25.4 Å². The summed E-state index contributed by atoms with van der Waals surface area (Å²) in [6, 6.07) is 0. The monoisotopic (exact) mass is 189 g/mol. The third-order valence-electron chi connectivity index (χ3n) is 2.29. The molecule has 12 heavy (non-hydrogen) atoms. The van der Waals surface area contributed by atoms with Gasteiger partial charge in [-0.1, -0.05) is 13.8 Å². The predicted molar refractivity (Wildman–Crippen MR) is 54.8 cm³/mol. The molecule has 0 aromatic rings. The molecule has 1 saturated heterocycles.